The lowest BCUT2D eigenvalue weighted by molar-refractivity contribution is -0.0639. The third-order valence-electron chi connectivity index (χ3n) is 3.61. The molecule has 1 N–H and O–H groups in total. The molecule has 2 unspecified atom stereocenters. The summed E-state index contributed by atoms with van der Waals surface area (Å²) in [5.74, 6) is 0. The SMILES string of the molecule is CC(NC1CCOC(C)(C)C1)c1cc(Cl)ccc1Cl. The molecule has 2 atom stereocenters. The van der Waals surface area contributed by atoms with Gasteiger partial charge in [0.15, 0.2) is 0 Å². The number of rotatable bonds is 3. The lowest BCUT2D eigenvalue weighted by Crippen LogP contribution is -2.44. The van der Waals surface area contributed by atoms with Gasteiger partial charge in [0.1, 0.15) is 0 Å². The van der Waals surface area contributed by atoms with Gasteiger partial charge < -0.3 is 10.1 Å². The van der Waals surface area contributed by atoms with Crippen LogP contribution in [0.5, 0.6) is 0 Å². The highest BCUT2D eigenvalue weighted by atomic mass is 35.5. The fourth-order valence-electron chi connectivity index (χ4n) is 2.66. The van der Waals surface area contributed by atoms with Gasteiger partial charge in [0.2, 0.25) is 0 Å². The van der Waals surface area contributed by atoms with Crippen LogP contribution in [0.25, 0.3) is 0 Å². The van der Waals surface area contributed by atoms with Gasteiger partial charge >= 0.3 is 0 Å². The number of hydrogen-bond donors (Lipinski definition) is 1. The van der Waals surface area contributed by atoms with E-state index in [0.717, 1.165) is 35.1 Å². The molecule has 0 bridgehead atoms. The van der Waals surface area contributed by atoms with Crippen molar-refractivity contribution in [2.45, 2.75) is 51.3 Å². The lowest BCUT2D eigenvalue weighted by atomic mass is 9.93. The predicted molar refractivity (Wildman–Crippen MR) is 81.1 cm³/mol. The van der Waals surface area contributed by atoms with Gasteiger partial charge in [-0.3, -0.25) is 0 Å². The summed E-state index contributed by atoms with van der Waals surface area (Å²) in [7, 11) is 0. The maximum absolute atomic E-state index is 6.24. The standard InChI is InChI=1S/C15H21Cl2NO/c1-10(13-8-11(16)4-5-14(13)17)18-12-6-7-19-15(2,3)9-12/h4-5,8,10,12,18H,6-7,9H2,1-3H3. The Balaban J connectivity index is 2.04. The van der Waals surface area contributed by atoms with Crippen LogP contribution in [0.1, 0.15) is 45.2 Å². The Bertz CT molecular complexity index is 448. The Labute approximate surface area is 125 Å². The second-order valence-electron chi connectivity index (χ2n) is 5.85. The minimum absolute atomic E-state index is 0.0479. The molecule has 1 aromatic rings. The van der Waals surface area contributed by atoms with E-state index < -0.39 is 0 Å². The molecule has 0 aromatic heterocycles. The van der Waals surface area contributed by atoms with Gasteiger partial charge in [-0.2, -0.15) is 0 Å². The lowest BCUT2D eigenvalue weighted by Gasteiger charge is -2.37. The van der Waals surface area contributed by atoms with Crippen molar-refractivity contribution < 1.29 is 4.74 Å². The molecular weight excluding hydrogens is 281 g/mol. The Hall–Kier alpha value is -0.280. The summed E-state index contributed by atoms with van der Waals surface area (Å²) in [6.45, 7) is 7.20. The van der Waals surface area contributed by atoms with Crippen molar-refractivity contribution in [3.05, 3.63) is 33.8 Å². The zero-order chi connectivity index (χ0) is 14.0. The Morgan fingerprint density at radius 2 is 2.11 bits per heavy atom. The molecule has 0 radical (unpaired) electrons. The van der Waals surface area contributed by atoms with Gasteiger partial charge in [-0.15, -0.1) is 0 Å². The van der Waals surface area contributed by atoms with Crippen LogP contribution in [0.2, 0.25) is 10.0 Å². The molecule has 106 valence electrons. The number of benzene rings is 1. The Kier molecular flexibility index (Phi) is 4.78. The quantitative estimate of drug-likeness (QED) is 0.881. The fourth-order valence-corrected chi connectivity index (χ4v) is 3.13. The minimum atomic E-state index is -0.0479. The van der Waals surface area contributed by atoms with Gasteiger partial charge in [0.25, 0.3) is 0 Å². The third kappa shape index (κ3) is 4.09. The van der Waals surface area contributed by atoms with Crippen LogP contribution in [0, 0.1) is 0 Å². The van der Waals surface area contributed by atoms with Crippen LogP contribution in [-0.2, 0) is 4.74 Å². The molecule has 1 aliphatic rings. The summed E-state index contributed by atoms with van der Waals surface area (Å²) in [5.41, 5.74) is 1.01. The summed E-state index contributed by atoms with van der Waals surface area (Å²) in [6, 6.07) is 6.24. The zero-order valence-corrected chi connectivity index (χ0v) is 13.2. The highest BCUT2D eigenvalue weighted by Gasteiger charge is 2.29. The highest BCUT2D eigenvalue weighted by Crippen LogP contribution is 2.29. The van der Waals surface area contributed by atoms with Gasteiger partial charge in [-0.05, 0) is 57.4 Å². The van der Waals surface area contributed by atoms with Crippen LogP contribution < -0.4 is 5.32 Å². The molecule has 1 aliphatic heterocycles. The van der Waals surface area contributed by atoms with Crippen LogP contribution in [0.15, 0.2) is 18.2 Å². The van der Waals surface area contributed by atoms with Crippen molar-refractivity contribution in [3.63, 3.8) is 0 Å². The first-order valence-corrected chi connectivity index (χ1v) is 7.48. The van der Waals surface area contributed by atoms with Crippen molar-refractivity contribution in [1.29, 1.82) is 0 Å². The minimum Gasteiger partial charge on any atom is -0.375 e. The molecule has 0 spiro atoms. The van der Waals surface area contributed by atoms with Crippen LogP contribution >= 0.6 is 23.2 Å². The largest absolute Gasteiger partial charge is 0.375 e. The summed E-state index contributed by atoms with van der Waals surface area (Å²) < 4.78 is 5.74. The monoisotopic (exact) mass is 301 g/mol. The van der Waals surface area contributed by atoms with Crippen molar-refractivity contribution in [1.82, 2.24) is 5.32 Å². The summed E-state index contributed by atoms with van der Waals surface area (Å²) in [5, 5.41) is 5.12. The van der Waals surface area contributed by atoms with Crippen LogP contribution in [0.3, 0.4) is 0 Å². The molecule has 4 heteroatoms. The maximum atomic E-state index is 6.24. The molecule has 0 aliphatic carbocycles. The smallest absolute Gasteiger partial charge is 0.0641 e. The molecule has 1 fully saturated rings. The van der Waals surface area contributed by atoms with Crippen LogP contribution in [-0.4, -0.2) is 18.2 Å². The van der Waals surface area contributed by atoms with Crippen molar-refractivity contribution in [3.8, 4) is 0 Å². The third-order valence-corrected chi connectivity index (χ3v) is 4.19. The topological polar surface area (TPSA) is 21.3 Å². The molecule has 1 aromatic carbocycles. The summed E-state index contributed by atoms with van der Waals surface area (Å²) in [4.78, 5) is 0. The van der Waals surface area contributed by atoms with E-state index in [-0.39, 0.29) is 11.6 Å². The summed E-state index contributed by atoms with van der Waals surface area (Å²) >= 11 is 12.3. The second-order valence-corrected chi connectivity index (χ2v) is 6.70. The molecule has 19 heavy (non-hydrogen) atoms. The highest BCUT2D eigenvalue weighted by molar-refractivity contribution is 6.33. The molecule has 0 amide bonds. The van der Waals surface area contributed by atoms with E-state index in [0.29, 0.717) is 6.04 Å². The Morgan fingerprint density at radius 3 is 2.79 bits per heavy atom. The van der Waals surface area contributed by atoms with Gasteiger partial charge in [-0.25, -0.2) is 0 Å². The van der Waals surface area contributed by atoms with E-state index in [1.54, 1.807) is 0 Å². The molecular formula is C15H21Cl2NO. The summed E-state index contributed by atoms with van der Waals surface area (Å²) in [6.07, 6.45) is 2.04. The van der Waals surface area contributed by atoms with E-state index in [1.165, 1.54) is 0 Å². The predicted octanol–water partition coefficient (Wildman–Crippen LogP) is 4.60. The first-order chi connectivity index (χ1) is 8.87. The van der Waals surface area contributed by atoms with Crippen LogP contribution in [0.4, 0.5) is 0 Å². The number of ether oxygens (including phenoxy) is 1. The molecule has 1 saturated heterocycles. The van der Waals surface area contributed by atoms with E-state index >= 15 is 0 Å². The Morgan fingerprint density at radius 1 is 1.37 bits per heavy atom. The molecule has 0 saturated carbocycles. The van der Waals surface area contributed by atoms with Crippen molar-refractivity contribution in [2.24, 2.45) is 0 Å². The van der Waals surface area contributed by atoms with Gasteiger partial charge in [-0.1, -0.05) is 23.2 Å². The average molecular weight is 302 g/mol. The normalized spacial score (nSPS) is 24.2. The maximum Gasteiger partial charge on any atom is 0.0641 e. The number of hydrogen-bond acceptors (Lipinski definition) is 2. The van der Waals surface area contributed by atoms with E-state index in [9.17, 15) is 0 Å². The number of halogens is 2. The van der Waals surface area contributed by atoms with E-state index in [4.69, 9.17) is 27.9 Å². The van der Waals surface area contributed by atoms with Gasteiger partial charge in [0, 0.05) is 28.7 Å². The molecule has 2 nitrogen and oxygen atoms in total. The number of nitrogens with one attached hydrogen (secondary N) is 1. The average Bonchev–Trinajstić information content (AvgIpc) is 2.31. The first-order valence-electron chi connectivity index (χ1n) is 6.72. The first kappa shape index (κ1) is 15.1. The van der Waals surface area contributed by atoms with Crippen molar-refractivity contribution in [2.75, 3.05) is 6.61 Å². The molecule has 1 heterocycles. The van der Waals surface area contributed by atoms with E-state index in [2.05, 4.69) is 26.1 Å². The second kappa shape index (κ2) is 6.01. The van der Waals surface area contributed by atoms with Crippen molar-refractivity contribution >= 4 is 23.2 Å². The molecule has 2 rings (SSSR count). The van der Waals surface area contributed by atoms with Gasteiger partial charge in [0.05, 0.1) is 5.60 Å². The fraction of sp³-hybridized carbons (Fsp3) is 0.600. The zero-order valence-electron chi connectivity index (χ0n) is 11.7. The van der Waals surface area contributed by atoms with E-state index in [1.807, 2.05) is 18.2 Å².